The van der Waals surface area contributed by atoms with Crippen molar-refractivity contribution in [3.05, 3.63) is 65.2 Å². The topological polar surface area (TPSA) is 21.3 Å². The van der Waals surface area contributed by atoms with Crippen LogP contribution < -0.4 is 10.1 Å². The second-order valence-corrected chi connectivity index (χ2v) is 5.51. The van der Waals surface area contributed by atoms with Crippen LogP contribution in [0.1, 0.15) is 22.7 Å². The SMILES string of the molecule is CNC(c1ccccc1C)C1COc2ccccc2C1. The van der Waals surface area contributed by atoms with Crippen molar-refractivity contribution in [3.8, 4) is 5.75 Å². The van der Waals surface area contributed by atoms with E-state index in [0.29, 0.717) is 12.0 Å². The van der Waals surface area contributed by atoms with Crippen molar-refractivity contribution < 1.29 is 4.74 Å². The van der Waals surface area contributed by atoms with E-state index in [1.807, 2.05) is 13.1 Å². The maximum atomic E-state index is 5.94. The summed E-state index contributed by atoms with van der Waals surface area (Å²) in [6.07, 6.45) is 1.07. The van der Waals surface area contributed by atoms with Crippen molar-refractivity contribution in [2.24, 2.45) is 5.92 Å². The molecule has 0 bridgehead atoms. The Morgan fingerprint density at radius 3 is 2.65 bits per heavy atom. The number of rotatable bonds is 3. The van der Waals surface area contributed by atoms with Gasteiger partial charge >= 0.3 is 0 Å². The summed E-state index contributed by atoms with van der Waals surface area (Å²) < 4.78 is 5.94. The van der Waals surface area contributed by atoms with Gasteiger partial charge in [0, 0.05) is 12.0 Å². The fourth-order valence-corrected chi connectivity index (χ4v) is 3.15. The monoisotopic (exact) mass is 267 g/mol. The Labute approximate surface area is 120 Å². The second kappa shape index (κ2) is 5.68. The predicted molar refractivity (Wildman–Crippen MR) is 82.1 cm³/mol. The zero-order valence-corrected chi connectivity index (χ0v) is 12.1. The Hall–Kier alpha value is -1.80. The number of benzene rings is 2. The van der Waals surface area contributed by atoms with Gasteiger partial charge in [0.2, 0.25) is 0 Å². The van der Waals surface area contributed by atoms with Gasteiger partial charge in [-0.25, -0.2) is 0 Å². The smallest absolute Gasteiger partial charge is 0.122 e. The Balaban J connectivity index is 1.87. The summed E-state index contributed by atoms with van der Waals surface area (Å²) in [4.78, 5) is 0. The van der Waals surface area contributed by atoms with Gasteiger partial charge in [0.25, 0.3) is 0 Å². The largest absolute Gasteiger partial charge is 0.493 e. The van der Waals surface area contributed by atoms with Gasteiger partial charge in [-0.2, -0.15) is 0 Å². The minimum atomic E-state index is 0.338. The second-order valence-electron chi connectivity index (χ2n) is 5.51. The van der Waals surface area contributed by atoms with Crippen LogP contribution in [0.25, 0.3) is 0 Å². The molecule has 2 unspecified atom stereocenters. The lowest BCUT2D eigenvalue weighted by atomic mass is 9.85. The van der Waals surface area contributed by atoms with E-state index in [4.69, 9.17) is 4.74 Å². The number of para-hydroxylation sites is 1. The van der Waals surface area contributed by atoms with Gasteiger partial charge < -0.3 is 10.1 Å². The first-order valence-corrected chi connectivity index (χ1v) is 7.23. The molecule has 0 amide bonds. The summed E-state index contributed by atoms with van der Waals surface area (Å²) in [7, 11) is 2.04. The quantitative estimate of drug-likeness (QED) is 0.919. The predicted octanol–water partition coefficient (Wildman–Crippen LogP) is 3.51. The number of hydrogen-bond donors (Lipinski definition) is 1. The minimum Gasteiger partial charge on any atom is -0.493 e. The molecule has 20 heavy (non-hydrogen) atoms. The van der Waals surface area contributed by atoms with Gasteiger partial charge in [0.05, 0.1) is 6.61 Å². The normalized spacial score (nSPS) is 19.0. The molecule has 104 valence electrons. The number of ether oxygens (including phenoxy) is 1. The van der Waals surface area contributed by atoms with Crippen molar-refractivity contribution in [2.75, 3.05) is 13.7 Å². The van der Waals surface area contributed by atoms with E-state index in [-0.39, 0.29) is 0 Å². The fourth-order valence-electron chi connectivity index (χ4n) is 3.15. The third kappa shape index (κ3) is 2.44. The van der Waals surface area contributed by atoms with Crippen molar-refractivity contribution >= 4 is 0 Å². The molecular weight excluding hydrogens is 246 g/mol. The van der Waals surface area contributed by atoms with Crippen LogP contribution in [0.3, 0.4) is 0 Å². The molecule has 0 saturated carbocycles. The van der Waals surface area contributed by atoms with Gasteiger partial charge in [-0.3, -0.25) is 0 Å². The third-order valence-electron chi connectivity index (χ3n) is 4.21. The number of aryl methyl sites for hydroxylation is 1. The Morgan fingerprint density at radius 1 is 1.10 bits per heavy atom. The van der Waals surface area contributed by atoms with Crippen LogP contribution in [0, 0.1) is 12.8 Å². The van der Waals surface area contributed by atoms with Gasteiger partial charge in [-0.1, -0.05) is 42.5 Å². The highest BCUT2D eigenvalue weighted by Gasteiger charge is 2.28. The van der Waals surface area contributed by atoms with E-state index < -0.39 is 0 Å². The van der Waals surface area contributed by atoms with Gasteiger partial charge in [-0.15, -0.1) is 0 Å². The maximum Gasteiger partial charge on any atom is 0.122 e. The van der Waals surface area contributed by atoms with Gasteiger partial charge in [-0.05, 0) is 43.1 Å². The third-order valence-corrected chi connectivity index (χ3v) is 4.21. The highest BCUT2D eigenvalue weighted by atomic mass is 16.5. The lowest BCUT2D eigenvalue weighted by molar-refractivity contribution is 0.188. The molecule has 1 aliphatic rings. The summed E-state index contributed by atoms with van der Waals surface area (Å²) in [6.45, 7) is 2.95. The molecule has 3 rings (SSSR count). The van der Waals surface area contributed by atoms with Crippen molar-refractivity contribution in [1.82, 2.24) is 5.32 Å². The Bertz CT molecular complexity index is 593. The Morgan fingerprint density at radius 2 is 1.85 bits per heavy atom. The lowest BCUT2D eigenvalue weighted by Gasteiger charge is -2.32. The van der Waals surface area contributed by atoms with Crippen LogP contribution in [0.4, 0.5) is 0 Å². The molecule has 1 aliphatic heterocycles. The fraction of sp³-hybridized carbons (Fsp3) is 0.333. The van der Waals surface area contributed by atoms with E-state index >= 15 is 0 Å². The standard InChI is InChI=1S/C18H21NO/c1-13-7-3-5-9-16(13)18(19-2)15-11-14-8-4-6-10-17(14)20-12-15/h3-10,15,18-19H,11-12H2,1-2H3. The average molecular weight is 267 g/mol. The molecular formula is C18H21NO. The summed E-state index contributed by atoms with van der Waals surface area (Å²) in [5.41, 5.74) is 4.03. The highest BCUT2D eigenvalue weighted by molar-refractivity contribution is 5.36. The van der Waals surface area contributed by atoms with Crippen LogP contribution >= 0.6 is 0 Å². The molecule has 0 fully saturated rings. The molecule has 2 heteroatoms. The van der Waals surface area contributed by atoms with Crippen LogP contribution in [-0.2, 0) is 6.42 Å². The molecule has 0 aromatic heterocycles. The van der Waals surface area contributed by atoms with E-state index in [9.17, 15) is 0 Å². The Kier molecular flexibility index (Phi) is 3.75. The number of fused-ring (bicyclic) bond motifs is 1. The molecule has 1 N–H and O–H groups in total. The lowest BCUT2D eigenvalue weighted by Crippen LogP contribution is -2.33. The zero-order chi connectivity index (χ0) is 13.9. The number of nitrogens with one attached hydrogen (secondary N) is 1. The van der Waals surface area contributed by atoms with Crippen molar-refractivity contribution in [2.45, 2.75) is 19.4 Å². The molecule has 0 radical (unpaired) electrons. The van der Waals surface area contributed by atoms with Crippen molar-refractivity contribution in [3.63, 3.8) is 0 Å². The summed E-state index contributed by atoms with van der Waals surface area (Å²) in [5, 5.41) is 3.48. The molecule has 2 aromatic rings. The molecule has 2 aromatic carbocycles. The average Bonchev–Trinajstić information content (AvgIpc) is 2.50. The first-order valence-electron chi connectivity index (χ1n) is 7.23. The minimum absolute atomic E-state index is 0.338. The first kappa shape index (κ1) is 13.2. The summed E-state index contributed by atoms with van der Waals surface area (Å²) in [5.74, 6) is 1.51. The van der Waals surface area contributed by atoms with Crippen LogP contribution in [0.2, 0.25) is 0 Å². The van der Waals surface area contributed by atoms with Gasteiger partial charge in [0.1, 0.15) is 5.75 Å². The summed E-state index contributed by atoms with van der Waals surface area (Å²) >= 11 is 0. The number of hydrogen-bond acceptors (Lipinski definition) is 2. The van der Waals surface area contributed by atoms with Crippen LogP contribution in [0.15, 0.2) is 48.5 Å². The van der Waals surface area contributed by atoms with E-state index in [2.05, 4.69) is 54.7 Å². The van der Waals surface area contributed by atoms with Crippen molar-refractivity contribution in [1.29, 1.82) is 0 Å². The van der Waals surface area contributed by atoms with E-state index in [1.165, 1.54) is 16.7 Å². The molecule has 1 heterocycles. The van der Waals surface area contributed by atoms with E-state index in [1.54, 1.807) is 0 Å². The molecule has 0 spiro atoms. The van der Waals surface area contributed by atoms with Crippen LogP contribution in [0.5, 0.6) is 5.75 Å². The molecule has 0 saturated heterocycles. The summed E-state index contributed by atoms with van der Waals surface area (Å²) in [6, 6.07) is 17.3. The first-order chi connectivity index (χ1) is 9.79. The molecule has 2 atom stereocenters. The highest BCUT2D eigenvalue weighted by Crippen LogP contribution is 2.34. The molecule has 2 nitrogen and oxygen atoms in total. The zero-order valence-electron chi connectivity index (χ0n) is 12.1. The molecule has 0 aliphatic carbocycles. The maximum absolute atomic E-state index is 5.94. The van der Waals surface area contributed by atoms with E-state index in [0.717, 1.165) is 18.8 Å². The van der Waals surface area contributed by atoms with Crippen LogP contribution in [-0.4, -0.2) is 13.7 Å². The van der Waals surface area contributed by atoms with Gasteiger partial charge in [0.15, 0.2) is 0 Å².